The van der Waals surface area contributed by atoms with E-state index >= 15 is 0 Å². The number of likely N-dealkylation sites (N-methyl/N-ethyl adjacent to an activating group) is 1. The molecule has 0 fully saturated rings. The first-order valence-electron chi connectivity index (χ1n) is 5.98. The van der Waals surface area contributed by atoms with E-state index in [-0.39, 0.29) is 11.8 Å². The predicted octanol–water partition coefficient (Wildman–Crippen LogP) is 1.26. The van der Waals surface area contributed by atoms with Gasteiger partial charge in [-0.3, -0.25) is 0 Å². The third-order valence-electron chi connectivity index (χ3n) is 2.61. The van der Waals surface area contributed by atoms with Gasteiger partial charge in [-0.05, 0) is 30.7 Å². The van der Waals surface area contributed by atoms with Crippen molar-refractivity contribution in [1.82, 2.24) is 5.32 Å². The topological polar surface area (TPSA) is 55.4 Å². The number of benzene rings is 1. The van der Waals surface area contributed by atoms with Crippen LogP contribution in [0.3, 0.4) is 0 Å². The molecule has 0 aliphatic heterocycles. The smallest absolute Gasteiger partial charge is 0.148 e. The van der Waals surface area contributed by atoms with Gasteiger partial charge in [0, 0.05) is 12.3 Å². The fraction of sp³-hybridized carbons (Fsp3) is 0.538. The summed E-state index contributed by atoms with van der Waals surface area (Å²) < 4.78 is 27.9. The monoisotopic (exact) mass is 271 g/mol. The summed E-state index contributed by atoms with van der Waals surface area (Å²) in [5, 5.41) is 3.21. The van der Waals surface area contributed by atoms with Crippen LogP contribution in [0.5, 0.6) is 5.75 Å². The van der Waals surface area contributed by atoms with E-state index in [1.54, 1.807) is 7.11 Å². The van der Waals surface area contributed by atoms with E-state index in [9.17, 15) is 8.42 Å². The van der Waals surface area contributed by atoms with Crippen molar-refractivity contribution >= 4 is 9.84 Å². The Morgan fingerprint density at radius 3 is 2.67 bits per heavy atom. The molecule has 1 rings (SSSR count). The first-order chi connectivity index (χ1) is 8.44. The number of hydrogen-bond donors (Lipinski definition) is 1. The van der Waals surface area contributed by atoms with Crippen LogP contribution in [0, 0.1) is 0 Å². The van der Waals surface area contributed by atoms with Crippen LogP contribution in [-0.2, 0) is 16.3 Å². The molecule has 0 bridgehead atoms. The second-order valence-electron chi connectivity index (χ2n) is 4.40. The number of hydrogen-bond acceptors (Lipinski definition) is 4. The highest BCUT2D eigenvalue weighted by atomic mass is 32.2. The second-order valence-corrected chi connectivity index (χ2v) is 6.59. The lowest BCUT2D eigenvalue weighted by Crippen LogP contribution is -2.37. The normalized spacial score (nSPS) is 13.3. The molecule has 1 N–H and O–H groups in total. The highest BCUT2D eigenvalue weighted by molar-refractivity contribution is 7.90. The third-order valence-corrected chi connectivity index (χ3v) is 3.62. The van der Waals surface area contributed by atoms with Gasteiger partial charge in [0.2, 0.25) is 0 Å². The number of methoxy groups -OCH3 is 1. The SMILES string of the molecule is CCNC(Cc1cccc(OC)c1)CS(C)(=O)=O. The summed E-state index contributed by atoms with van der Waals surface area (Å²) in [6, 6.07) is 7.65. The maximum atomic E-state index is 11.4. The van der Waals surface area contributed by atoms with E-state index in [4.69, 9.17) is 4.74 Å². The molecule has 1 aromatic carbocycles. The Morgan fingerprint density at radius 1 is 1.39 bits per heavy atom. The maximum Gasteiger partial charge on any atom is 0.148 e. The van der Waals surface area contributed by atoms with Crippen molar-refractivity contribution < 1.29 is 13.2 Å². The largest absolute Gasteiger partial charge is 0.497 e. The van der Waals surface area contributed by atoms with Crippen molar-refractivity contribution in [2.24, 2.45) is 0 Å². The Balaban J connectivity index is 2.75. The van der Waals surface area contributed by atoms with Gasteiger partial charge >= 0.3 is 0 Å². The molecule has 0 heterocycles. The van der Waals surface area contributed by atoms with Crippen LogP contribution >= 0.6 is 0 Å². The number of rotatable bonds is 7. The Bertz CT molecular complexity index is 471. The molecule has 0 amide bonds. The summed E-state index contributed by atoms with van der Waals surface area (Å²) in [6.07, 6.45) is 1.95. The molecule has 0 aromatic heterocycles. The quantitative estimate of drug-likeness (QED) is 0.811. The van der Waals surface area contributed by atoms with Gasteiger partial charge in [-0.15, -0.1) is 0 Å². The summed E-state index contributed by atoms with van der Waals surface area (Å²) in [5.74, 6) is 0.944. The molecule has 0 aliphatic rings. The Morgan fingerprint density at radius 2 is 2.11 bits per heavy atom. The van der Waals surface area contributed by atoms with Gasteiger partial charge in [0.25, 0.3) is 0 Å². The minimum Gasteiger partial charge on any atom is -0.497 e. The molecule has 0 radical (unpaired) electrons. The molecule has 1 unspecified atom stereocenters. The molecule has 1 atom stereocenters. The van der Waals surface area contributed by atoms with Crippen LogP contribution in [0.1, 0.15) is 12.5 Å². The zero-order valence-corrected chi connectivity index (χ0v) is 12.0. The molecule has 4 nitrogen and oxygen atoms in total. The Kier molecular flexibility index (Phi) is 5.62. The highest BCUT2D eigenvalue weighted by Crippen LogP contribution is 2.14. The van der Waals surface area contributed by atoms with E-state index in [0.717, 1.165) is 17.9 Å². The van der Waals surface area contributed by atoms with E-state index in [1.807, 2.05) is 31.2 Å². The van der Waals surface area contributed by atoms with Crippen LogP contribution in [0.4, 0.5) is 0 Å². The van der Waals surface area contributed by atoms with Gasteiger partial charge in [0.05, 0.1) is 12.9 Å². The lowest BCUT2D eigenvalue weighted by atomic mass is 10.1. The zero-order chi connectivity index (χ0) is 13.6. The van der Waals surface area contributed by atoms with Gasteiger partial charge < -0.3 is 10.1 Å². The fourth-order valence-electron chi connectivity index (χ4n) is 1.93. The highest BCUT2D eigenvalue weighted by Gasteiger charge is 2.15. The van der Waals surface area contributed by atoms with Gasteiger partial charge in [-0.2, -0.15) is 0 Å². The van der Waals surface area contributed by atoms with Crippen LogP contribution in [-0.4, -0.2) is 40.1 Å². The lowest BCUT2D eigenvalue weighted by molar-refractivity contribution is 0.414. The standard InChI is InChI=1S/C13H21NO3S/c1-4-14-12(10-18(3,15)16)8-11-6-5-7-13(9-11)17-2/h5-7,9,12,14H,4,8,10H2,1-3H3. The lowest BCUT2D eigenvalue weighted by Gasteiger charge is -2.17. The van der Waals surface area contributed by atoms with Crippen molar-refractivity contribution in [1.29, 1.82) is 0 Å². The average molecular weight is 271 g/mol. The summed E-state index contributed by atoms with van der Waals surface area (Å²) in [7, 11) is -1.35. The number of sulfone groups is 1. The molecule has 5 heteroatoms. The van der Waals surface area contributed by atoms with Gasteiger partial charge in [0.1, 0.15) is 15.6 Å². The van der Waals surface area contributed by atoms with Crippen molar-refractivity contribution in [3.63, 3.8) is 0 Å². The summed E-state index contributed by atoms with van der Waals surface area (Å²) in [4.78, 5) is 0. The third kappa shape index (κ3) is 5.51. The molecular formula is C13H21NO3S. The maximum absolute atomic E-state index is 11.4. The van der Waals surface area contributed by atoms with Crippen molar-refractivity contribution in [3.05, 3.63) is 29.8 Å². The fourth-order valence-corrected chi connectivity index (χ4v) is 2.89. The Labute approximate surface area is 109 Å². The van der Waals surface area contributed by atoms with Crippen LogP contribution in [0.15, 0.2) is 24.3 Å². The molecular weight excluding hydrogens is 250 g/mol. The summed E-state index contributed by atoms with van der Waals surface area (Å²) in [5.41, 5.74) is 1.07. The number of ether oxygens (including phenoxy) is 1. The van der Waals surface area contributed by atoms with E-state index < -0.39 is 9.84 Å². The average Bonchev–Trinajstić information content (AvgIpc) is 2.27. The van der Waals surface area contributed by atoms with Crippen LogP contribution in [0.2, 0.25) is 0 Å². The van der Waals surface area contributed by atoms with Gasteiger partial charge in [-0.25, -0.2) is 8.42 Å². The zero-order valence-electron chi connectivity index (χ0n) is 11.1. The number of nitrogens with one attached hydrogen (secondary N) is 1. The second kappa shape index (κ2) is 6.75. The minimum atomic E-state index is -2.98. The molecule has 102 valence electrons. The van der Waals surface area contributed by atoms with Gasteiger partial charge in [-0.1, -0.05) is 19.1 Å². The first-order valence-corrected chi connectivity index (χ1v) is 8.04. The van der Waals surface area contributed by atoms with Crippen molar-refractivity contribution in [2.45, 2.75) is 19.4 Å². The van der Waals surface area contributed by atoms with Gasteiger partial charge in [0.15, 0.2) is 0 Å². The summed E-state index contributed by atoms with van der Waals surface area (Å²) in [6.45, 7) is 2.73. The van der Waals surface area contributed by atoms with E-state index in [0.29, 0.717) is 6.42 Å². The van der Waals surface area contributed by atoms with Crippen molar-refractivity contribution in [3.8, 4) is 5.75 Å². The molecule has 1 aromatic rings. The van der Waals surface area contributed by atoms with Crippen LogP contribution in [0.25, 0.3) is 0 Å². The molecule has 0 spiro atoms. The summed E-state index contributed by atoms with van der Waals surface area (Å²) >= 11 is 0. The molecule has 0 aliphatic carbocycles. The predicted molar refractivity (Wildman–Crippen MR) is 73.9 cm³/mol. The molecule has 0 saturated heterocycles. The Hall–Kier alpha value is -1.07. The van der Waals surface area contributed by atoms with Crippen molar-refractivity contribution in [2.75, 3.05) is 25.7 Å². The van der Waals surface area contributed by atoms with E-state index in [2.05, 4.69) is 5.32 Å². The van der Waals surface area contributed by atoms with E-state index in [1.165, 1.54) is 6.26 Å². The first kappa shape index (κ1) is 15.0. The minimum absolute atomic E-state index is 0.0582. The molecule has 18 heavy (non-hydrogen) atoms. The van der Waals surface area contributed by atoms with Crippen LogP contribution < -0.4 is 10.1 Å². The molecule has 0 saturated carbocycles.